The van der Waals surface area contributed by atoms with Crippen LogP contribution in [0.5, 0.6) is 0 Å². The van der Waals surface area contributed by atoms with Crippen LogP contribution in [0.25, 0.3) is 0 Å². The molecular weight excluding hydrogens is 254 g/mol. The van der Waals surface area contributed by atoms with Crippen molar-refractivity contribution in [3.05, 3.63) is 11.6 Å². The van der Waals surface area contributed by atoms with Crippen LogP contribution in [0.15, 0.2) is 11.6 Å². The summed E-state index contributed by atoms with van der Waals surface area (Å²) in [6.07, 6.45) is 4.15. The molecule has 0 aliphatic carbocycles. The number of carbonyl (C=O) groups is 1. The molecule has 0 saturated heterocycles. The number of allylic oxidation sites excluding steroid dienone is 1. The van der Waals surface area contributed by atoms with Crippen molar-refractivity contribution in [2.45, 2.75) is 70.8 Å². The molecule has 1 unspecified atom stereocenters. The maximum atomic E-state index is 10.4. The quantitative estimate of drug-likeness (QED) is 0.406. The molecule has 0 fully saturated rings. The molecule has 1 N–H and O–H groups in total. The van der Waals surface area contributed by atoms with Crippen molar-refractivity contribution in [2.24, 2.45) is 0 Å². The highest BCUT2D eigenvalue weighted by atomic mass is 28.3. The van der Waals surface area contributed by atoms with E-state index in [4.69, 9.17) is 0 Å². The van der Waals surface area contributed by atoms with Gasteiger partial charge >= 0.3 is 0 Å². The van der Waals surface area contributed by atoms with Gasteiger partial charge in [0.05, 0.1) is 0 Å². The van der Waals surface area contributed by atoms with Crippen LogP contribution >= 0.6 is 0 Å². The third kappa shape index (κ3) is 10.8. The highest BCUT2D eigenvalue weighted by Gasteiger charge is 2.21. The Bertz CT molecular complexity index is 269. The second-order valence-corrected chi connectivity index (χ2v) is 18.7. The van der Waals surface area contributed by atoms with E-state index < -0.39 is 16.1 Å². The van der Waals surface area contributed by atoms with Crippen molar-refractivity contribution in [3.8, 4) is 0 Å². The Kier molecular flexibility index (Phi) is 7.14. The predicted octanol–water partition coefficient (Wildman–Crippen LogP) is 4.11. The fraction of sp³-hybridized carbons (Fsp3) is 0.786. The van der Waals surface area contributed by atoms with E-state index in [9.17, 15) is 4.79 Å². The molecule has 0 rings (SSSR count). The summed E-state index contributed by atoms with van der Waals surface area (Å²) in [6, 6.07) is 2.84. The minimum atomic E-state index is -1.05. The Labute approximate surface area is 115 Å². The van der Waals surface area contributed by atoms with Gasteiger partial charge in [0, 0.05) is 22.2 Å². The van der Waals surface area contributed by atoms with E-state index >= 15 is 0 Å². The molecule has 0 radical (unpaired) electrons. The standard InChI is InChI=1S/C14H31NOSi2/c1-13(15-12-16)8-9-14(10-17(2,3)4)11-18(5,6)7/h9,12-13H,8,10-11H2,1-7H3,(H,15,16). The first-order chi connectivity index (χ1) is 8.03. The van der Waals surface area contributed by atoms with Crippen molar-refractivity contribution >= 4 is 22.6 Å². The van der Waals surface area contributed by atoms with Crippen LogP contribution in [-0.2, 0) is 4.79 Å². The minimum Gasteiger partial charge on any atom is -0.356 e. The molecule has 0 spiro atoms. The molecule has 0 aliphatic heterocycles. The molecule has 2 nitrogen and oxygen atoms in total. The number of rotatable bonds is 8. The van der Waals surface area contributed by atoms with Crippen molar-refractivity contribution < 1.29 is 4.79 Å². The Hall–Kier alpha value is -0.356. The van der Waals surface area contributed by atoms with E-state index in [0.717, 1.165) is 12.8 Å². The van der Waals surface area contributed by atoms with Gasteiger partial charge in [0.25, 0.3) is 0 Å². The molecule has 0 aromatic rings. The summed E-state index contributed by atoms with van der Waals surface area (Å²) in [4.78, 5) is 10.4. The van der Waals surface area contributed by atoms with Crippen LogP contribution in [0, 0.1) is 0 Å². The lowest BCUT2D eigenvalue weighted by atomic mass is 10.2. The molecule has 0 aromatic heterocycles. The van der Waals surface area contributed by atoms with Gasteiger partial charge < -0.3 is 5.32 Å². The van der Waals surface area contributed by atoms with E-state index in [2.05, 4.69) is 57.6 Å². The van der Waals surface area contributed by atoms with Gasteiger partial charge in [0.15, 0.2) is 0 Å². The van der Waals surface area contributed by atoms with Crippen molar-refractivity contribution in [1.82, 2.24) is 5.32 Å². The summed E-state index contributed by atoms with van der Waals surface area (Å²) in [7, 11) is -2.09. The average Bonchev–Trinajstić information content (AvgIpc) is 2.09. The van der Waals surface area contributed by atoms with E-state index in [0.29, 0.717) is 0 Å². The van der Waals surface area contributed by atoms with Crippen LogP contribution < -0.4 is 5.32 Å². The van der Waals surface area contributed by atoms with Crippen LogP contribution in [0.4, 0.5) is 0 Å². The van der Waals surface area contributed by atoms with Crippen LogP contribution in [0.1, 0.15) is 13.3 Å². The Morgan fingerprint density at radius 2 is 1.50 bits per heavy atom. The van der Waals surface area contributed by atoms with Gasteiger partial charge in [-0.3, -0.25) is 4.79 Å². The van der Waals surface area contributed by atoms with Gasteiger partial charge in [0.2, 0.25) is 6.41 Å². The third-order valence-corrected chi connectivity index (χ3v) is 5.66. The van der Waals surface area contributed by atoms with E-state index in [1.165, 1.54) is 12.1 Å². The number of amides is 1. The normalized spacial score (nSPS) is 13.9. The topological polar surface area (TPSA) is 29.1 Å². The Morgan fingerprint density at radius 1 is 1.06 bits per heavy atom. The highest BCUT2D eigenvalue weighted by Crippen LogP contribution is 2.25. The van der Waals surface area contributed by atoms with Gasteiger partial charge in [-0.2, -0.15) is 0 Å². The molecule has 0 aromatic carbocycles. The van der Waals surface area contributed by atoms with E-state index in [1.54, 1.807) is 5.57 Å². The largest absolute Gasteiger partial charge is 0.356 e. The smallest absolute Gasteiger partial charge is 0.207 e. The van der Waals surface area contributed by atoms with Gasteiger partial charge in [-0.15, -0.1) is 0 Å². The first-order valence-electron chi connectivity index (χ1n) is 6.91. The predicted molar refractivity (Wildman–Crippen MR) is 87.7 cm³/mol. The van der Waals surface area contributed by atoms with Gasteiger partial charge in [-0.25, -0.2) is 0 Å². The zero-order valence-corrected chi connectivity index (χ0v) is 15.3. The summed E-state index contributed by atoms with van der Waals surface area (Å²) in [5.41, 5.74) is 1.63. The maximum Gasteiger partial charge on any atom is 0.207 e. The fourth-order valence-corrected chi connectivity index (χ4v) is 5.61. The zero-order chi connectivity index (χ0) is 14.4. The number of carbonyl (C=O) groups excluding carboxylic acids is 1. The summed E-state index contributed by atoms with van der Waals surface area (Å²) >= 11 is 0. The van der Waals surface area contributed by atoms with Crippen LogP contribution in [0.3, 0.4) is 0 Å². The lowest BCUT2D eigenvalue weighted by molar-refractivity contribution is -0.110. The third-order valence-electron chi connectivity index (χ3n) is 2.63. The molecule has 106 valence electrons. The van der Waals surface area contributed by atoms with Crippen molar-refractivity contribution in [1.29, 1.82) is 0 Å². The molecule has 0 aliphatic rings. The SMILES string of the molecule is CC(CC=C(C[Si](C)(C)C)C[Si](C)(C)C)NC=O. The first-order valence-corrected chi connectivity index (χ1v) is 14.3. The number of hydrogen-bond donors (Lipinski definition) is 1. The monoisotopic (exact) mass is 285 g/mol. The Balaban J connectivity index is 4.64. The molecule has 1 atom stereocenters. The van der Waals surface area contributed by atoms with Crippen molar-refractivity contribution in [2.75, 3.05) is 0 Å². The molecule has 0 heterocycles. The second-order valence-electron chi connectivity index (χ2n) is 7.76. The summed E-state index contributed by atoms with van der Waals surface area (Å²) in [5, 5.41) is 2.82. The summed E-state index contributed by atoms with van der Waals surface area (Å²) in [5.74, 6) is 0. The average molecular weight is 286 g/mol. The molecule has 1 amide bonds. The van der Waals surface area contributed by atoms with Crippen LogP contribution in [-0.4, -0.2) is 28.6 Å². The molecule has 0 saturated carbocycles. The van der Waals surface area contributed by atoms with E-state index in [-0.39, 0.29) is 6.04 Å². The van der Waals surface area contributed by atoms with Gasteiger partial charge in [-0.05, 0) is 25.4 Å². The molecule has 4 heteroatoms. The summed E-state index contributed by atoms with van der Waals surface area (Å²) < 4.78 is 0. The zero-order valence-electron chi connectivity index (χ0n) is 13.3. The number of nitrogens with one attached hydrogen (secondary N) is 1. The maximum absolute atomic E-state index is 10.4. The molecule has 18 heavy (non-hydrogen) atoms. The van der Waals surface area contributed by atoms with E-state index in [1.807, 2.05) is 0 Å². The minimum absolute atomic E-state index is 0.251. The highest BCUT2D eigenvalue weighted by molar-refractivity contribution is 6.78. The lowest BCUT2D eigenvalue weighted by Gasteiger charge is -2.24. The van der Waals surface area contributed by atoms with Gasteiger partial charge in [-0.1, -0.05) is 50.9 Å². The van der Waals surface area contributed by atoms with Gasteiger partial charge in [0.1, 0.15) is 0 Å². The van der Waals surface area contributed by atoms with Crippen molar-refractivity contribution in [3.63, 3.8) is 0 Å². The number of hydrogen-bond acceptors (Lipinski definition) is 1. The lowest BCUT2D eigenvalue weighted by Crippen LogP contribution is -2.26. The molecular formula is C14H31NOSi2. The summed E-state index contributed by atoms with van der Waals surface area (Å²) in [6.45, 7) is 16.6. The molecule has 0 bridgehead atoms. The Morgan fingerprint density at radius 3 is 1.83 bits per heavy atom. The first kappa shape index (κ1) is 17.6. The fourth-order valence-electron chi connectivity index (χ4n) is 2.10. The van der Waals surface area contributed by atoms with Crippen LogP contribution in [0.2, 0.25) is 51.4 Å². The second kappa shape index (κ2) is 7.29.